The molecule has 1 amide bonds. The maximum Gasteiger partial charge on any atom is 0.262 e. The number of halogens is 4. The summed E-state index contributed by atoms with van der Waals surface area (Å²) in [4.78, 5) is 39.6. The summed E-state index contributed by atoms with van der Waals surface area (Å²) in [7, 11) is 0. The van der Waals surface area contributed by atoms with E-state index < -0.39 is 11.8 Å². The zero-order valence-electron chi connectivity index (χ0n) is 23.1. The number of allylic oxidation sites excluding steroid dienone is 4. The molecule has 2 aromatic carbocycles. The van der Waals surface area contributed by atoms with E-state index in [1.807, 2.05) is 0 Å². The average Bonchev–Trinajstić information content (AvgIpc) is 2.82. The summed E-state index contributed by atoms with van der Waals surface area (Å²) < 4.78 is 5.70. The van der Waals surface area contributed by atoms with Crippen LogP contribution in [-0.4, -0.2) is 24.1 Å². The molecular weight excluding hydrogens is 606 g/mol. The number of amides is 1. The lowest BCUT2D eigenvalue weighted by atomic mass is 9.64. The molecule has 5 rings (SSSR count). The Morgan fingerprint density at radius 1 is 0.829 bits per heavy atom. The maximum atomic E-state index is 13.6. The van der Waals surface area contributed by atoms with Gasteiger partial charge in [0.15, 0.2) is 23.9 Å². The van der Waals surface area contributed by atoms with Crippen LogP contribution < -0.4 is 15.4 Å². The number of anilines is 1. The van der Waals surface area contributed by atoms with Crippen LogP contribution in [0.25, 0.3) is 0 Å². The highest BCUT2D eigenvalue weighted by molar-refractivity contribution is 6.42. The molecule has 3 aliphatic rings. The molecule has 0 unspecified atom stereocenters. The predicted octanol–water partition coefficient (Wildman–Crippen LogP) is 8.29. The van der Waals surface area contributed by atoms with Crippen LogP contribution in [-0.2, 0) is 14.4 Å². The number of hydrogen-bond acceptors (Lipinski definition) is 5. The van der Waals surface area contributed by atoms with Crippen LogP contribution in [0.2, 0.25) is 20.1 Å². The van der Waals surface area contributed by atoms with Crippen molar-refractivity contribution in [2.75, 3.05) is 11.9 Å². The quantitative estimate of drug-likeness (QED) is 0.345. The fraction of sp³-hybridized carbons (Fsp3) is 0.387. The number of ether oxygens (including phenoxy) is 1. The molecule has 2 N–H and O–H groups in total. The van der Waals surface area contributed by atoms with E-state index in [1.165, 1.54) is 6.07 Å². The summed E-state index contributed by atoms with van der Waals surface area (Å²) in [5, 5.41) is 7.20. The number of carbonyl (C=O) groups excluding carboxylic acids is 3. The van der Waals surface area contributed by atoms with Crippen LogP contribution in [0.4, 0.5) is 5.69 Å². The largest absolute Gasteiger partial charge is 0.481 e. The number of dihydropyridines is 1. The Morgan fingerprint density at radius 3 is 1.88 bits per heavy atom. The van der Waals surface area contributed by atoms with Gasteiger partial charge < -0.3 is 15.4 Å². The number of nitrogens with one attached hydrogen (secondary N) is 2. The Bertz CT molecular complexity index is 1480. The third-order valence-electron chi connectivity index (χ3n) is 7.62. The minimum absolute atomic E-state index is 0.00415. The second kappa shape index (κ2) is 11.0. The summed E-state index contributed by atoms with van der Waals surface area (Å²) >= 11 is 25.3. The number of hydrogen-bond donors (Lipinski definition) is 2. The molecule has 6 nitrogen and oxygen atoms in total. The van der Waals surface area contributed by atoms with Gasteiger partial charge in [-0.05, 0) is 59.6 Å². The van der Waals surface area contributed by atoms with Crippen molar-refractivity contribution >= 4 is 69.6 Å². The highest BCUT2D eigenvalue weighted by atomic mass is 35.5. The number of benzene rings is 2. The first kappa shape index (κ1) is 30.0. The molecule has 1 heterocycles. The molecule has 0 saturated heterocycles. The van der Waals surface area contributed by atoms with Gasteiger partial charge in [-0.25, -0.2) is 0 Å². The van der Waals surface area contributed by atoms with Crippen LogP contribution in [0.1, 0.15) is 64.9 Å². The van der Waals surface area contributed by atoms with E-state index in [9.17, 15) is 14.4 Å². The molecule has 2 aromatic rings. The van der Waals surface area contributed by atoms with Crippen molar-refractivity contribution in [2.45, 2.75) is 59.3 Å². The minimum atomic E-state index is -0.588. The van der Waals surface area contributed by atoms with E-state index in [1.54, 1.807) is 24.3 Å². The zero-order valence-corrected chi connectivity index (χ0v) is 26.2. The first-order chi connectivity index (χ1) is 19.1. The molecule has 0 aromatic heterocycles. The molecule has 2 aliphatic carbocycles. The molecule has 0 spiro atoms. The van der Waals surface area contributed by atoms with Crippen LogP contribution in [0, 0.1) is 10.8 Å². The Morgan fingerprint density at radius 2 is 1.37 bits per heavy atom. The molecule has 1 aliphatic heterocycles. The second-order valence-corrected chi connectivity index (χ2v) is 14.1. The van der Waals surface area contributed by atoms with Crippen molar-refractivity contribution in [1.82, 2.24) is 5.32 Å². The van der Waals surface area contributed by atoms with E-state index >= 15 is 0 Å². The monoisotopic (exact) mass is 634 g/mol. The lowest BCUT2D eigenvalue weighted by Crippen LogP contribution is -2.42. The average molecular weight is 636 g/mol. The van der Waals surface area contributed by atoms with Crippen molar-refractivity contribution in [3.05, 3.63) is 78.5 Å². The fourth-order valence-electron chi connectivity index (χ4n) is 6.01. The number of ketones is 2. The van der Waals surface area contributed by atoms with Crippen LogP contribution in [0.5, 0.6) is 5.75 Å². The highest BCUT2D eigenvalue weighted by Gasteiger charge is 2.46. The fourth-order valence-corrected chi connectivity index (χ4v) is 6.93. The highest BCUT2D eigenvalue weighted by Crippen LogP contribution is 2.52. The van der Waals surface area contributed by atoms with E-state index in [0.717, 1.165) is 11.4 Å². The third kappa shape index (κ3) is 6.17. The van der Waals surface area contributed by atoms with E-state index in [-0.39, 0.29) is 44.8 Å². The van der Waals surface area contributed by atoms with E-state index in [2.05, 4.69) is 38.3 Å². The van der Waals surface area contributed by atoms with Crippen LogP contribution in [0.15, 0.2) is 52.9 Å². The Balaban J connectivity index is 1.46. The molecule has 10 heteroatoms. The van der Waals surface area contributed by atoms with Crippen molar-refractivity contribution in [3.63, 3.8) is 0 Å². The smallest absolute Gasteiger partial charge is 0.262 e. The summed E-state index contributed by atoms with van der Waals surface area (Å²) in [5.41, 5.74) is 3.58. The molecule has 216 valence electrons. The van der Waals surface area contributed by atoms with E-state index in [0.29, 0.717) is 58.1 Å². The molecule has 0 fully saturated rings. The van der Waals surface area contributed by atoms with Crippen molar-refractivity contribution in [1.29, 1.82) is 0 Å². The number of rotatable bonds is 5. The number of Topliss-reactive ketones (excluding diaryl/α,β-unsaturated/α-hetero) is 2. The lowest BCUT2D eigenvalue weighted by molar-refractivity contribution is -0.119. The van der Waals surface area contributed by atoms with Crippen molar-refractivity contribution in [3.8, 4) is 5.75 Å². The lowest BCUT2D eigenvalue weighted by Gasteiger charge is -2.44. The zero-order chi connectivity index (χ0) is 29.9. The molecule has 0 bridgehead atoms. The third-order valence-corrected chi connectivity index (χ3v) is 8.92. The van der Waals surface area contributed by atoms with Gasteiger partial charge in [0.2, 0.25) is 0 Å². The van der Waals surface area contributed by atoms with Gasteiger partial charge >= 0.3 is 0 Å². The summed E-state index contributed by atoms with van der Waals surface area (Å²) in [6.07, 6.45) is 2.13. The van der Waals surface area contributed by atoms with Crippen LogP contribution >= 0.6 is 46.4 Å². The van der Waals surface area contributed by atoms with E-state index in [4.69, 9.17) is 51.1 Å². The predicted molar refractivity (Wildman–Crippen MR) is 163 cm³/mol. The first-order valence-corrected chi connectivity index (χ1v) is 14.8. The molecule has 0 radical (unpaired) electrons. The van der Waals surface area contributed by atoms with Gasteiger partial charge in [0.1, 0.15) is 0 Å². The summed E-state index contributed by atoms with van der Waals surface area (Å²) in [6, 6.07) is 8.07. The van der Waals surface area contributed by atoms with Gasteiger partial charge in [-0.15, -0.1) is 0 Å². The Kier molecular flexibility index (Phi) is 8.01. The van der Waals surface area contributed by atoms with Gasteiger partial charge in [-0.2, -0.15) is 0 Å². The molecule has 0 atom stereocenters. The number of carbonyl (C=O) groups is 3. The van der Waals surface area contributed by atoms with Crippen molar-refractivity contribution < 1.29 is 19.1 Å². The molecular formula is C31H30Cl4N2O4. The van der Waals surface area contributed by atoms with Crippen LogP contribution in [0.3, 0.4) is 0 Å². The van der Waals surface area contributed by atoms with Gasteiger partial charge in [0, 0.05) is 47.0 Å². The van der Waals surface area contributed by atoms with Gasteiger partial charge in [-0.1, -0.05) is 74.1 Å². The summed E-state index contributed by atoms with van der Waals surface area (Å²) in [5.74, 6) is -0.899. The van der Waals surface area contributed by atoms with Gasteiger partial charge in [-0.3, -0.25) is 14.4 Å². The van der Waals surface area contributed by atoms with Gasteiger partial charge in [0.25, 0.3) is 5.91 Å². The Labute approximate surface area is 259 Å². The Hall–Kier alpha value is -2.51. The maximum absolute atomic E-state index is 13.6. The second-order valence-electron chi connectivity index (χ2n) is 12.5. The van der Waals surface area contributed by atoms with Gasteiger partial charge in [0.05, 0.1) is 20.1 Å². The topological polar surface area (TPSA) is 84.5 Å². The normalized spacial score (nSPS) is 19.9. The standard InChI is InChI=1S/C31H30Cl4N2O4/c1-30(2)10-21-27(23(38)12-30)26(28-22(37-21)11-31(3,4)13-24(28)39)15-7-19(34)29(20(35)8-15)41-14-25(40)36-16-5-6-17(32)18(33)9-16/h5-9,26,37H,10-14H2,1-4H3,(H,36,40). The minimum Gasteiger partial charge on any atom is -0.481 e. The molecule has 41 heavy (non-hydrogen) atoms. The van der Waals surface area contributed by atoms with Crippen molar-refractivity contribution in [2.24, 2.45) is 10.8 Å². The SMILES string of the molecule is CC1(C)CC(=O)C2=C(C1)NC1=C(C(=O)CC(C)(C)C1)C2c1cc(Cl)c(OCC(=O)Nc2ccc(Cl)c(Cl)c2)c(Cl)c1. The first-order valence-electron chi connectivity index (χ1n) is 13.3. The summed E-state index contributed by atoms with van der Waals surface area (Å²) in [6.45, 7) is 7.93. The molecule has 0 saturated carbocycles.